The van der Waals surface area contributed by atoms with Crippen LogP contribution in [0.4, 0.5) is 17.3 Å². The Morgan fingerprint density at radius 2 is 1.90 bits per heavy atom. The van der Waals surface area contributed by atoms with E-state index in [-0.39, 0.29) is 0 Å². The fraction of sp³-hybridized carbons (Fsp3) is 0.286. The summed E-state index contributed by atoms with van der Waals surface area (Å²) in [6.45, 7) is 3.02. The highest BCUT2D eigenvalue weighted by atomic mass is 79.9. The summed E-state index contributed by atoms with van der Waals surface area (Å²) in [5, 5.41) is 7.36. The molecule has 0 atom stereocenters. The van der Waals surface area contributed by atoms with Gasteiger partial charge in [-0.1, -0.05) is 34.6 Å². The lowest BCUT2D eigenvalue weighted by Crippen LogP contribution is -2.05. The Morgan fingerprint density at radius 3 is 2.62 bits per heavy atom. The fourth-order valence-electron chi connectivity index (χ4n) is 1.66. The first-order chi connectivity index (χ1) is 10.1. The first-order valence-electron chi connectivity index (χ1n) is 6.51. The summed E-state index contributed by atoms with van der Waals surface area (Å²) in [6, 6.07) is 7.89. The van der Waals surface area contributed by atoms with Crippen molar-refractivity contribution in [2.24, 2.45) is 0 Å². The molecule has 0 radical (unpaired) electrons. The summed E-state index contributed by atoms with van der Waals surface area (Å²) in [5.74, 6) is 1.61. The van der Waals surface area contributed by atoms with E-state index in [9.17, 15) is 0 Å². The van der Waals surface area contributed by atoms with Crippen LogP contribution >= 0.6 is 43.6 Å². The van der Waals surface area contributed by atoms with Crippen LogP contribution in [0, 0.1) is 0 Å². The Balaban J connectivity index is 2.27. The van der Waals surface area contributed by atoms with Gasteiger partial charge in [0, 0.05) is 21.6 Å². The Kier molecular flexibility index (Phi) is 6.32. The molecule has 2 rings (SSSR count). The van der Waals surface area contributed by atoms with Gasteiger partial charge in [-0.3, -0.25) is 0 Å². The average Bonchev–Trinajstić information content (AvgIpc) is 2.48. The van der Waals surface area contributed by atoms with Gasteiger partial charge in [0.25, 0.3) is 0 Å². The highest BCUT2D eigenvalue weighted by Crippen LogP contribution is 2.29. The summed E-state index contributed by atoms with van der Waals surface area (Å²) in [7, 11) is 0. The second-order valence-corrected chi connectivity index (χ2v) is 6.84. The highest BCUT2D eigenvalue weighted by molar-refractivity contribution is 9.11. The second kappa shape index (κ2) is 8.00. The molecule has 0 aliphatic heterocycles. The first kappa shape index (κ1) is 16.6. The quantitative estimate of drug-likeness (QED) is 0.480. The molecule has 1 heterocycles. The van der Waals surface area contributed by atoms with Gasteiger partial charge in [0.15, 0.2) is 5.16 Å². The van der Waals surface area contributed by atoms with Crippen LogP contribution in [-0.2, 0) is 0 Å². The number of halogens is 2. The topological polar surface area (TPSA) is 49.8 Å². The van der Waals surface area contributed by atoms with Crippen molar-refractivity contribution in [2.75, 3.05) is 23.4 Å². The van der Waals surface area contributed by atoms with E-state index in [2.05, 4.69) is 59.4 Å². The standard InChI is InChI=1S/C14H16Br2N4S/c1-3-6-17-12-8-13(20-14(19-12)21-2)18-11-7-9(15)4-5-10(11)16/h4-5,7-8H,3,6H2,1-2H3,(H2,17,18,19,20). The number of nitrogens with zero attached hydrogens (tertiary/aromatic N) is 2. The lowest BCUT2D eigenvalue weighted by atomic mass is 10.3. The minimum absolute atomic E-state index is 0.740. The molecule has 0 saturated heterocycles. The van der Waals surface area contributed by atoms with Crippen LogP contribution in [-0.4, -0.2) is 22.8 Å². The maximum absolute atomic E-state index is 4.49. The van der Waals surface area contributed by atoms with Crippen LogP contribution in [0.3, 0.4) is 0 Å². The lowest BCUT2D eigenvalue weighted by Gasteiger charge is -2.11. The predicted octanol–water partition coefficient (Wildman–Crippen LogP) is 5.29. The summed E-state index contributed by atoms with van der Waals surface area (Å²) in [6.07, 6.45) is 3.02. The van der Waals surface area contributed by atoms with Crippen LogP contribution in [0.15, 0.2) is 38.4 Å². The SMILES string of the molecule is CCCNc1cc(Nc2cc(Br)ccc2Br)nc(SC)n1. The summed E-state index contributed by atoms with van der Waals surface area (Å²) >= 11 is 8.54. The Morgan fingerprint density at radius 1 is 1.14 bits per heavy atom. The van der Waals surface area contributed by atoms with Gasteiger partial charge in [-0.25, -0.2) is 9.97 Å². The van der Waals surface area contributed by atoms with Crippen molar-refractivity contribution >= 4 is 60.9 Å². The number of nitrogens with one attached hydrogen (secondary N) is 2. The molecule has 0 unspecified atom stereocenters. The van der Waals surface area contributed by atoms with E-state index in [0.29, 0.717) is 0 Å². The van der Waals surface area contributed by atoms with Gasteiger partial charge in [-0.05, 0) is 46.8 Å². The van der Waals surface area contributed by atoms with Crippen LogP contribution in [0.25, 0.3) is 0 Å². The second-order valence-electron chi connectivity index (χ2n) is 4.30. The minimum atomic E-state index is 0.740. The third-order valence-corrected chi connectivity index (χ3v) is 4.37. The van der Waals surface area contributed by atoms with Crippen LogP contribution < -0.4 is 10.6 Å². The van der Waals surface area contributed by atoms with Gasteiger partial charge in [0.05, 0.1) is 5.69 Å². The maximum atomic E-state index is 4.49. The van der Waals surface area contributed by atoms with E-state index in [4.69, 9.17) is 0 Å². The monoisotopic (exact) mass is 430 g/mol. The van der Waals surface area contributed by atoms with Crippen LogP contribution in [0.5, 0.6) is 0 Å². The van der Waals surface area contributed by atoms with Gasteiger partial charge in [-0.15, -0.1) is 0 Å². The van der Waals surface area contributed by atoms with E-state index < -0.39 is 0 Å². The number of hydrogen-bond donors (Lipinski definition) is 2. The smallest absolute Gasteiger partial charge is 0.191 e. The Labute approximate surface area is 145 Å². The highest BCUT2D eigenvalue weighted by Gasteiger charge is 2.06. The minimum Gasteiger partial charge on any atom is -0.370 e. The molecule has 0 bridgehead atoms. The van der Waals surface area contributed by atoms with Crippen molar-refractivity contribution in [1.82, 2.24) is 9.97 Å². The maximum Gasteiger partial charge on any atom is 0.191 e. The van der Waals surface area contributed by atoms with Gasteiger partial charge in [0.1, 0.15) is 11.6 Å². The molecule has 2 N–H and O–H groups in total. The molecule has 0 spiro atoms. The summed E-state index contributed by atoms with van der Waals surface area (Å²) < 4.78 is 2.00. The molecule has 7 heteroatoms. The van der Waals surface area contributed by atoms with E-state index in [0.717, 1.165) is 44.4 Å². The first-order valence-corrected chi connectivity index (χ1v) is 9.32. The normalized spacial score (nSPS) is 10.5. The molecular weight excluding hydrogens is 416 g/mol. The zero-order valence-electron chi connectivity index (χ0n) is 11.8. The van der Waals surface area contributed by atoms with Gasteiger partial charge in [-0.2, -0.15) is 0 Å². The van der Waals surface area contributed by atoms with Crippen molar-refractivity contribution in [3.63, 3.8) is 0 Å². The Hall–Kier alpha value is -0.790. The molecule has 0 fully saturated rings. The average molecular weight is 432 g/mol. The van der Waals surface area contributed by atoms with E-state index in [1.165, 1.54) is 11.8 Å². The number of benzene rings is 1. The molecule has 2 aromatic rings. The number of aromatic nitrogens is 2. The molecule has 0 amide bonds. The molecule has 1 aromatic carbocycles. The van der Waals surface area contributed by atoms with Gasteiger partial charge >= 0.3 is 0 Å². The Bertz CT molecular complexity index is 622. The number of thioether (sulfide) groups is 1. The molecule has 112 valence electrons. The summed E-state index contributed by atoms with van der Waals surface area (Å²) in [4.78, 5) is 8.94. The van der Waals surface area contributed by atoms with E-state index >= 15 is 0 Å². The number of rotatable bonds is 6. The zero-order chi connectivity index (χ0) is 15.2. The van der Waals surface area contributed by atoms with E-state index in [1.807, 2.05) is 30.5 Å². The van der Waals surface area contributed by atoms with E-state index in [1.54, 1.807) is 0 Å². The van der Waals surface area contributed by atoms with Crippen molar-refractivity contribution < 1.29 is 0 Å². The van der Waals surface area contributed by atoms with Crippen molar-refractivity contribution in [3.05, 3.63) is 33.2 Å². The third-order valence-electron chi connectivity index (χ3n) is 2.64. The number of hydrogen-bond acceptors (Lipinski definition) is 5. The molecule has 0 saturated carbocycles. The van der Waals surface area contributed by atoms with Crippen LogP contribution in [0.1, 0.15) is 13.3 Å². The van der Waals surface area contributed by atoms with Crippen molar-refractivity contribution in [1.29, 1.82) is 0 Å². The van der Waals surface area contributed by atoms with Crippen molar-refractivity contribution in [2.45, 2.75) is 18.5 Å². The van der Waals surface area contributed by atoms with Crippen LogP contribution in [0.2, 0.25) is 0 Å². The predicted molar refractivity (Wildman–Crippen MR) is 97.7 cm³/mol. The van der Waals surface area contributed by atoms with Gasteiger partial charge < -0.3 is 10.6 Å². The fourth-order valence-corrected chi connectivity index (χ4v) is 2.74. The lowest BCUT2D eigenvalue weighted by molar-refractivity contribution is 0.929. The molecule has 0 aliphatic carbocycles. The zero-order valence-corrected chi connectivity index (χ0v) is 15.8. The molecular formula is C14H16Br2N4S. The largest absolute Gasteiger partial charge is 0.370 e. The molecule has 1 aromatic heterocycles. The van der Waals surface area contributed by atoms with Gasteiger partial charge in [0.2, 0.25) is 0 Å². The molecule has 21 heavy (non-hydrogen) atoms. The number of anilines is 3. The molecule has 0 aliphatic rings. The third kappa shape index (κ3) is 4.86. The van der Waals surface area contributed by atoms with Crippen molar-refractivity contribution in [3.8, 4) is 0 Å². The summed E-state index contributed by atoms with van der Waals surface area (Å²) in [5.41, 5.74) is 0.955. The molecule has 4 nitrogen and oxygen atoms in total.